The fourth-order valence-electron chi connectivity index (χ4n) is 1.67. The van der Waals surface area contributed by atoms with Gasteiger partial charge in [0.05, 0.1) is 17.1 Å². The topological polar surface area (TPSA) is 71.3 Å². The molecular weight excluding hydrogens is 256 g/mol. The second-order valence-corrected chi connectivity index (χ2v) is 5.48. The van der Waals surface area contributed by atoms with Crippen molar-refractivity contribution in [1.82, 2.24) is 4.98 Å². The number of rotatable bonds is 7. The Hall–Kier alpha value is -1.85. The van der Waals surface area contributed by atoms with Crippen LogP contribution in [0, 0.1) is 10.1 Å². The molecule has 20 heavy (non-hydrogen) atoms. The highest BCUT2D eigenvalue weighted by Gasteiger charge is 2.24. The third-order valence-corrected chi connectivity index (χ3v) is 3.68. The molecule has 6 heteroatoms. The molecule has 0 bridgehead atoms. The average molecular weight is 280 g/mol. The van der Waals surface area contributed by atoms with Crippen molar-refractivity contribution >= 4 is 17.3 Å². The SMILES string of the molecule is CCCNc1cc([N+](=O)[O-])cc(N(C)C(C)(C)CC)n1. The Morgan fingerprint density at radius 2 is 2.05 bits per heavy atom. The van der Waals surface area contributed by atoms with Crippen molar-refractivity contribution in [2.75, 3.05) is 23.8 Å². The molecule has 0 aliphatic carbocycles. The molecule has 0 fully saturated rings. The van der Waals surface area contributed by atoms with Crippen molar-refractivity contribution in [3.05, 3.63) is 22.2 Å². The van der Waals surface area contributed by atoms with Crippen LogP contribution in [0.15, 0.2) is 12.1 Å². The molecule has 0 saturated carbocycles. The van der Waals surface area contributed by atoms with Crippen LogP contribution < -0.4 is 10.2 Å². The summed E-state index contributed by atoms with van der Waals surface area (Å²) in [7, 11) is 1.92. The largest absolute Gasteiger partial charge is 0.370 e. The average Bonchev–Trinajstić information content (AvgIpc) is 2.43. The summed E-state index contributed by atoms with van der Waals surface area (Å²) in [5.74, 6) is 1.17. The normalized spacial score (nSPS) is 11.2. The highest BCUT2D eigenvalue weighted by molar-refractivity contribution is 5.56. The molecule has 6 nitrogen and oxygen atoms in total. The van der Waals surface area contributed by atoms with Gasteiger partial charge in [0.25, 0.3) is 5.69 Å². The van der Waals surface area contributed by atoms with Crippen molar-refractivity contribution in [1.29, 1.82) is 0 Å². The van der Waals surface area contributed by atoms with Gasteiger partial charge in [-0.05, 0) is 26.7 Å². The molecule has 0 radical (unpaired) electrons. The van der Waals surface area contributed by atoms with Gasteiger partial charge in [0.1, 0.15) is 11.6 Å². The van der Waals surface area contributed by atoms with Crippen molar-refractivity contribution < 1.29 is 4.92 Å². The smallest absolute Gasteiger partial charge is 0.276 e. The van der Waals surface area contributed by atoms with Crippen LogP contribution in [0.25, 0.3) is 0 Å². The van der Waals surface area contributed by atoms with E-state index in [2.05, 4.69) is 31.1 Å². The van der Waals surface area contributed by atoms with Gasteiger partial charge < -0.3 is 10.2 Å². The maximum Gasteiger partial charge on any atom is 0.276 e. The Morgan fingerprint density at radius 1 is 1.40 bits per heavy atom. The second-order valence-electron chi connectivity index (χ2n) is 5.48. The molecule has 0 aliphatic rings. The second kappa shape index (κ2) is 6.54. The van der Waals surface area contributed by atoms with E-state index in [9.17, 15) is 10.1 Å². The summed E-state index contributed by atoms with van der Waals surface area (Å²) in [6.45, 7) is 9.05. The first-order valence-corrected chi connectivity index (χ1v) is 6.96. The summed E-state index contributed by atoms with van der Waals surface area (Å²) in [5, 5.41) is 14.2. The van der Waals surface area contributed by atoms with Crippen LogP contribution in [0.2, 0.25) is 0 Å². The number of pyridine rings is 1. The number of aromatic nitrogens is 1. The minimum atomic E-state index is -0.380. The highest BCUT2D eigenvalue weighted by atomic mass is 16.6. The Bertz CT molecular complexity index is 474. The lowest BCUT2D eigenvalue weighted by Gasteiger charge is -2.35. The van der Waals surface area contributed by atoms with Crippen molar-refractivity contribution in [3.8, 4) is 0 Å². The minimum Gasteiger partial charge on any atom is -0.370 e. The summed E-state index contributed by atoms with van der Waals surface area (Å²) in [6.07, 6.45) is 1.86. The first-order valence-electron chi connectivity index (χ1n) is 6.96. The van der Waals surface area contributed by atoms with E-state index in [1.807, 2.05) is 18.9 Å². The Kier molecular flexibility index (Phi) is 5.30. The number of nitrogens with zero attached hydrogens (tertiary/aromatic N) is 3. The van der Waals surface area contributed by atoms with E-state index in [1.54, 1.807) is 0 Å². The van der Waals surface area contributed by atoms with Crippen LogP contribution in [0.1, 0.15) is 40.5 Å². The van der Waals surface area contributed by atoms with Gasteiger partial charge in [-0.3, -0.25) is 10.1 Å². The van der Waals surface area contributed by atoms with E-state index in [4.69, 9.17) is 0 Å². The molecule has 0 saturated heterocycles. The van der Waals surface area contributed by atoms with Crippen LogP contribution in [0.5, 0.6) is 0 Å². The summed E-state index contributed by atoms with van der Waals surface area (Å²) in [5.41, 5.74) is -0.0445. The predicted molar refractivity (Wildman–Crippen MR) is 82.4 cm³/mol. The number of nitrogens with one attached hydrogen (secondary N) is 1. The van der Waals surface area contributed by atoms with Gasteiger partial charge in [0.2, 0.25) is 0 Å². The van der Waals surface area contributed by atoms with Crippen LogP contribution in [-0.2, 0) is 0 Å². The third-order valence-electron chi connectivity index (χ3n) is 3.68. The molecule has 0 atom stereocenters. The molecule has 1 aromatic heterocycles. The predicted octanol–water partition coefficient (Wildman–Crippen LogP) is 3.44. The Morgan fingerprint density at radius 3 is 2.55 bits per heavy atom. The highest BCUT2D eigenvalue weighted by Crippen LogP contribution is 2.28. The van der Waals surface area contributed by atoms with E-state index in [-0.39, 0.29) is 16.1 Å². The minimum absolute atomic E-state index is 0.0624. The first-order chi connectivity index (χ1) is 9.31. The van der Waals surface area contributed by atoms with Crippen molar-refractivity contribution in [2.24, 2.45) is 0 Å². The monoisotopic (exact) mass is 280 g/mol. The van der Waals surface area contributed by atoms with E-state index >= 15 is 0 Å². The van der Waals surface area contributed by atoms with Gasteiger partial charge in [-0.15, -0.1) is 0 Å². The van der Waals surface area contributed by atoms with Gasteiger partial charge >= 0.3 is 0 Å². The molecule has 1 rings (SSSR count). The summed E-state index contributed by atoms with van der Waals surface area (Å²) >= 11 is 0. The molecule has 0 spiro atoms. The Balaban J connectivity index is 3.17. The van der Waals surface area contributed by atoms with Crippen LogP contribution in [0.4, 0.5) is 17.3 Å². The lowest BCUT2D eigenvalue weighted by molar-refractivity contribution is -0.384. The van der Waals surface area contributed by atoms with Crippen LogP contribution in [-0.4, -0.2) is 29.0 Å². The quantitative estimate of drug-likeness (QED) is 0.612. The number of hydrogen-bond acceptors (Lipinski definition) is 5. The van der Waals surface area contributed by atoms with E-state index in [0.717, 1.165) is 19.4 Å². The molecule has 0 aliphatic heterocycles. The van der Waals surface area contributed by atoms with Crippen LogP contribution >= 0.6 is 0 Å². The van der Waals surface area contributed by atoms with Crippen molar-refractivity contribution in [2.45, 2.75) is 46.1 Å². The molecular formula is C14H24N4O2. The number of hydrogen-bond donors (Lipinski definition) is 1. The van der Waals surface area contributed by atoms with Crippen molar-refractivity contribution in [3.63, 3.8) is 0 Å². The maximum absolute atomic E-state index is 11.1. The fourth-order valence-corrected chi connectivity index (χ4v) is 1.67. The fraction of sp³-hybridized carbons (Fsp3) is 0.643. The molecule has 1 heterocycles. The van der Waals surface area contributed by atoms with E-state index < -0.39 is 0 Å². The Labute approximate surface area is 120 Å². The van der Waals surface area contributed by atoms with Gasteiger partial charge in [-0.25, -0.2) is 4.98 Å². The molecule has 0 amide bonds. The molecule has 0 aromatic carbocycles. The molecule has 0 unspecified atom stereocenters. The zero-order chi connectivity index (χ0) is 15.3. The van der Waals surface area contributed by atoms with Crippen LogP contribution in [0.3, 0.4) is 0 Å². The lowest BCUT2D eigenvalue weighted by Crippen LogP contribution is -2.41. The number of anilines is 2. The zero-order valence-corrected chi connectivity index (χ0v) is 12.9. The molecule has 1 N–H and O–H groups in total. The standard InChI is InChI=1S/C14H24N4O2/c1-6-8-15-12-9-11(18(19)20)10-13(16-12)17(5)14(3,4)7-2/h9-10H,6-8H2,1-5H3,(H,15,16). The molecule has 1 aromatic rings. The van der Waals surface area contributed by atoms with E-state index in [0.29, 0.717) is 11.6 Å². The first kappa shape index (κ1) is 16.2. The van der Waals surface area contributed by atoms with Gasteiger partial charge in [-0.2, -0.15) is 0 Å². The summed E-state index contributed by atoms with van der Waals surface area (Å²) < 4.78 is 0. The number of nitro groups is 1. The zero-order valence-electron chi connectivity index (χ0n) is 12.9. The van der Waals surface area contributed by atoms with Gasteiger partial charge in [0, 0.05) is 19.1 Å². The summed E-state index contributed by atoms with van der Waals surface area (Å²) in [4.78, 5) is 17.1. The lowest BCUT2D eigenvalue weighted by atomic mass is 10.00. The van der Waals surface area contributed by atoms with Gasteiger partial charge in [-0.1, -0.05) is 13.8 Å². The molecule has 112 valence electrons. The maximum atomic E-state index is 11.1. The van der Waals surface area contributed by atoms with Gasteiger partial charge in [0.15, 0.2) is 0 Å². The summed E-state index contributed by atoms with van der Waals surface area (Å²) in [6, 6.07) is 3.00. The third kappa shape index (κ3) is 3.82. The van der Waals surface area contributed by atoms with E-state index in [1.165, 1.54) is 12.1 Å².